The largest absolute Gasteiger partial charge is 0.497 e. The van der Waals surface area contributed by atoms with Crippen LogP contribution in [0.2, 0.25) is 0 Å². The smallest absolute Gasteiger partial charge is 0.376 e. The number of alkyl halides is 2. The maximum absolute atomic E-state index is 14.3. The van der Waals surface area contributed by atoms with Crippen molar-refractivity contribution in [3.63, 3.8) is 0 Å². The SMILES string of the molecule is COc1cccc([C@@H](N(C)[S@](=O)C(C)(C)C)C(F)(F)C(=O)O)c1. The summed E-state index contributed by atoms with van der Waals surface area (Å²) in [6, 6.07) is 3.82. The zero-order valence-corrected chi connectivity index (χ0v) is 14.5. The molecule has 0 fully saturated rings. The Labute approximate surface area is 136 Å². The summed E-state index contributed by atoms with van der Waals surface area (Å²) >= 11 is 0. The average molecular weight is 349 g/mol. The van der Waals surface area contributed by atoms with Crippen molar-refractivity contribution >= 4 is 17.0 Å². The Bertz CT molecular complexity index is 601. The van der Waals surface area contributed by atoms with Gasteiger partial charge in [-0.05, 0) is 38.5 Å². The number of ether oxygens (including phenoxy) is 1. The van der Waals surface area contributed by atoms with Crippen LogP contribution < -0.4 is 4.74 Å². The quantitative estimate of drug-likeness (QED) is 0.858. The summed E-state index contributed by atoms with van der Waals surface area (Å²) in [5, 5.41) is 8.93. The van der Waals surface area contributed by atoms with Gasteiger partial charge in [-0.2, -0.15) is 8.78 Å². The van der Waals surface area contributed by atoms with E-state index in [1.165, 1.54) is 32.4 Å². The number of methoxy groups -OCH3 is 1. The van der Waals surface area contributed by atoms with Crippen LogP contribution in [0.3, 0.4) is 0 Å². The van der Waals surface area contributed by atoms with Crippen LogP contribution in [0.4, 0.5) is 8.78 Å². The van der Waals surface area contributed by atoms with E-state index >= 15 is 0 Å². The number of rotatable bonds is 6. The van der Waals surface area contributed by atoms with E-state index in [4.69, 9.17) is 9.84 Å². The van der Waals surface area contributed by atoms with Gasteiger partial charge in [0.15, 0.2) is 0 Å². The summed E-state index contributed by atoms with van der Waals surface area (Å²) in [5.41, 5.74) is 0.0110. The molecule has 1 aromatic carbocycles. The number of aliphatic carboxylic acids is 1. The lowest BCUT2D eigenvalue weighted by molar-refractivity contribution is -0.172. The molecule has 0 bridgehead atoms. The highest BCUT2D eigenvalue weighted by molar-refractivity contribution is 7.84. The Morgan fingerprint density at radius 1 is 1.35 bits per heavy atom. The Morgan fingerprint density at radius 3 is 2.35 bits per heavy atom. The first kappa shape index (κ1) is 19.5. The van der Waals surface area contributed by atoms with Crippen molar-refractivity contribution < 1.29 is 27.6 Å². The van der Waals surface area contributed by atoms with Crippen LogP contribution in [0.15, 0.2) is 24.3 Å². The highest BCUT2D eigenvalue weighted by atomic mass is 32.2. The molecule has 130 valence electrons. The lowest BCUT2D eigenvalue weighted by Crippen LogP contribution is -2.47. The molecule has 0 heterocycles. The van der Waals surface area contributed by atoms with Gasteiger partial charge >= 0.3 is 11.9 Å². The van der Waals surface area contributed by atoms with E-state index in [1.807, 2.05) is 0 Å². The summed E-state index contributed by atoms with van der Waals surface area (Å²) in [7, 11) is 0.765. The second-order valence-electron chi connectivity index (χ2n) is 6.01. The van der Waals surface area contributed by atoms with E-state index in [2.05, 4.69) is 0 Å². The van der Waals surface area contributed by atoms with Gasteiger partial charge in [0.25, 0.3) is 0 Å². The molecule has 2 atom stereocenters. The number of hydrogen-bond donors (Lipinski definition) is 1. The van der Waals surface area contributed by atoms with Gasteiger partial charge in [-0.15, -0.1) is 0 Å². The molecule has 1 N–H and O–H groups in total. The second kappa shape index (κ2) is 6.92. The molecular weight excluding hydrogens is 328 g/mol. The number of benzene rings is 1. The zero-order valence-electron chi connectivity index (χ0n) is 13.7. The third kappa shape index (κ3) is 4.26. The molecule has 8 heteroatoms. The number of carboxylic acids is 1. The summed E-state index contributed by atoms with van der Waals surface area (Å²) in [5.74, 6) is -6.09. The second-order valence-corrected chi connectivity index (χ2v) is 8.31. The van der Waals surface area contributed by atoms with Crippen molar-refractivity contribution in [2.24, 2.45) is 0 Å². The van der Waals surface area contributed by atoms with Crippen LogP contribution in [0.25, 0.3) is 0 Å². The fourth-order valence-electron chi connectivity index (χ4n) is 2.10. The van der Waals surface area contributed by atoms with E-state index in [1.54, 1.807) is 26.8 Å². The maximum Gasteiger partial charge on any atom is 0.376 e. The van der Waals surface area contributed by atoms with Gasteiger partial charge in [-0.25, -0.2) is 13.3 Å². The fraction of sp³-hybridized carbons (Fsp3) is 0.533. The lowest BCUT2D eigenvalue weighted by Gasteiger charge is -2.35. The predicted octanol–water partition coefficient (Wildman–Crippen LogP) is 2.85. The normalized spacial score (nSPS) is 15.3. The summed E-state index contributed by atoms with van der Waals surface area (Å²) < 4.78 is 46.2. The molecule has 1 aromatic rings. The molecule has 0 saturated carbocycles. The van der Waals surface area contributed by atoms with E-state index in [9.17, 15) is 17.8 Å². The van der Waals surface area contributed by atoms with Gasteiger partial charge in [0.1, 0.15) is 22.8 Å². The molecule has 0 aliphatic rings. The number of hydrogen-bond acceptors (Lipinski definition) is 3. The standard InChI is InChI=1S/C15H21F2NO4S/c1-14(2,3)23(21)18(4)12(15(16,17)13(19)20)10-7-6-8-11(9-10)22-5/h6-9,12H,1-5H3,(H,19,20)/t12-,23-/m1/s1. The Balaban J connectivity index is 3.44. The summed E-state index contributed by atoms with van der Waals surface area (Å²) in [6.07, 6.45) is 0. The van der Waals surface area contributed by atoms with Gasteiger partial charge in [0.05, 0.1) is 11.9 Å². The topological polar surface area (TPSA) is 66.8 Å². The van der Waals surface area contributed by atoms with Gasteiger partial charge in [0.2, 0.25) is 0 Å². The molecule has 5 nitrogen and oxygen atoms in total. The van der Waals surface area contributed by atoms with Gasteiger partial charge in [-0.1, -0.05) is 12.1 Å². The summed E-state index contributed by atoms with van der Waals surface area (Å²) in [4.78, 5) is 11.1. The van der Waals surface area contributed by atoms with Gasteiger partial charge < -0.3 is 9.84 Å². The maximum atomic E-state index is 14.3. The Kier molecular flexibility index (Phi) is 5.87. The number of carbonyl (C=O) groups is 1. The highest BCUT2D eigenvalue weighted by Gasteiger charge is 2.52. The first-order valence-corrected chi connectivity index (χ1v) is 7.93. The molecule has 1 rings (SSSR count). The summed E-state index contributed by atoms with van der Waals surface area (Å²) in [6.45, 7) is 4.88. The van der Waals surface area contributed by atoms with Crippen LogP contribution >= 0.6 is 0 Å². The number of halogens is 2. The number of nitrogens with zero attached hydrogens (tertiary/aromatic N) is 1. The molecule has 0 aliphatic carbocycles. The molecule has 0 aliphatic heterocycles. The average Bonchev–Trinajstić information content (AvgIpc) is 2.45. The third-order valence-corrected chi connectivity index (χ3v) is 4.97. The monoisotopic (exact) mass is 349 g/mol. The van der Waals surface area contributed by atoms with Crippen molar-refractivity contribution in [2.45, 2.75) is 37.5 Å². The molecule has 0 aromatic heterocycles. The fourth-order valence-corrected chi connectivity index (χ4v) is 3.41. The molecule has 0 amide bonds. The molecule has 0 radical (unpaired) electrons. The van der Waals surface area contributed by atoms with Crippen molar-refractivity contribution in [3.8, 4) is 5.75 Å². The van der Waals surface area contributed by atoms with Crippen molar-refractivity contribution in [3.05, 3.63) is 29.8 Å². The van der Waals surface area contributed by atoms with Crippen molar-refractivity contribution in [1.29, 1.82) is 0 Å². The van der Waals surface area contributed by atoms with Crippen LogP contribution in [0.5, 0.6) is 5.75 Å². The van der Waals surface area contributed by atoms with Gasteiger partial charge in [-0.3, -0.25) is 0 Å². The molecular formula is C15H21F2NO4S. The first-order chi connectivity index (χ1) is 10.4. The van der Waals surface area contributed by atoms with E-state index in [0.29, 0.717) is 5.75 Å². The first-order valence-electron chi connectivity index (χ1n) is 6.83. The van der Waals surface area contributed by atoms with Crippen LogP contribution in [-0.4, -0.2) is 44.4 Å². The van der Waals surface area contributed by atoms with E-state index in [-0.39, 0.29) is 5.56 Å². The van der Waals surface area contributed by atoms with Crippen LogP contribution in [0.1, 0.15) is 32.4 Å². The number of carboxylic acid groups (broad SMARTS) is 1. The Morgan fingerprint density at radius 2 is 1.91 bits per heavy atom. The zero-order chi connectivity index (χ0) is 18.0. The molecule has 0 saturated heterocycles. The molecule has 23 heavy (non-hydrogen) atoms. The molecule has 0 unspecified atom stereocenters. The Hall–Kier alpha value is -1.54. The minimum atomic E-state index is -4.12. The van der Waals surface area contributed by atoms with Crippen molar-refractivity contribution in [1.82, 2.24) is 4.31 Å². The minimum Gasteiger partial charge on any atom is -0.497 e. The van der Waals surface area contributed by atoms with Gasteiger partial charge in [0, 0.05) is 7.05 Å². The third-order valence-electron chi connectivity index (χ3n) is 3.19. The van der Waals surface area contributed by atoms with Crippen LogP contribution in [-0.2, 0) is 15.8 Å². The van der Waals surface area contributed by atoms with E-state index < -0.39 is 33.7 Å². The predicted molar refractivity (Wildman–Crippen MR) is 84.0 cm³/mol. The van der Waals surface area contributed by atoms with Crippen LogP contribution in [0, 0.1) is 0 Å². The molecule has 0 spiro atoms. The lowest BCUT2D eigenvalue weighted by atomic mass is 10.0. The highest BCUT2D eigenvalue weighted by Crippen LogP contribution is 2.39. The minimum absolute atomic E-state index is 0.0110. The van der Waals surface area contributed by atoms with E-state index in [0.717, 1.165) is 4.31 Å². The van der Waals surface area contributed by atoms with Crippen molar-refractivity contribution in [2.75, 3.05) is 14.2 Å².